The molecule has 1 heterocycles. The highest BCUT2D eigenvalue weighted by Gasteiger charge is 1.94. The van der Waals surface area contributed by atoms with Crippen LogP contribution in [0.3, 0.4) is 0 Å². The molecule has 0 aliphatic carbocycles. The zero-order chi connectivity index (χ0) is 9.68. The van der Waals surface area contributed by atoms with Gasteiger partial charge in [-0.25, -0.2) is 4.98 Å². The molecule has 0 aliphatic rings. The molecule has 1 rings (SSSR count). The molecule has 3 N–H and O–H groups in total. The molecule has 0 atom stereocenters. The first kappa shape index (κ1) is 9.56. The molecule has 0 spiro atoms. The van der Waals surface area contributed by atoms with Gasteiger partial charge in [0.1, 0.15) is 5.82 Å². The number of pyridine rings is 1. The summed E-state index contributed by atoms with van der Waals surface area (Å²) in [5.74, 6) is 6.51. The Hall–Kier alpha value is -1.53. The molecule has 0 radical (unpaired) electrons. The summed E-state index contributed by atoms with van der Waals surface area (Å²) in [6.45, 7) is 2.61. The number of nitrogens with one attached hydrogen (secondary N) is 1. The Morgan fingerprint density at radius 1 is 1.62 bits per heavy atom. The van der Waals surface area contributed by atoms with E-state index in [2.05, 4.69) is 22.1 Å². The van der Waals surface area contributed by atoms with E-state index >= 15 is 0 Å². The van der Waals surface area contributed by atoms with Gasteiger partial charge in [0, 0.05) is 11.8 Å². The number of nitrogens with two attached hydrogens (primary N) is 1. The molecular weight excluding hydrogens is 162 g/mol. The summed E-state index contributed by atoms with van der Waals surface area (Å²) in [5.41, 5.74) is 7.45. The highest BCUT2D eigenvalue weighted by molar-refractivity contribution is 5.44. The van der Waals surface area contributed by atoms with Crippen molar-refractivity contribution in [1.82, 2.24) is 10.3 Å². The molecular formula is C10H13N3. The van der Waals surface area contributed by atoms with Gasteiger partial charge in [-0.05, 0) is 25.6 Å². The lowest BCUT2D eigenvalue weighted by molar-refractivity contribution is 0.938. The topological polar surface area (TPSA) is 50.9 Å². The number of aryl methyl sites for hydroxylation is 1. The Morgan fingerprint density at radius 3 is 3.00 bits per heavy atom. The summed E-state index contributed by atoms with van der Waals surface area (Å²) in [7, 11) is 1.86. The summed E-state index contributed by atoms with van der Waals surface area (Å²) in [6, 6.07) is 1.94. The third kappa shape index (κ3) is 2.77. The van der Waals surface area contributed by atoms with Crippen molar-refractivity contribution in [3.8, 4) is 11.8 Å². The van der Waals surface area contributed by atoms with Crippen LogP contribution in [0.1, 0.15) is 11.1 Å². The van der Waals surface area contributed by atoms with Crippen LogP contribution in [-0.4, -0.2) is 18.6 Å². The predicted octanol–water partition coefficient (Wildman–Crippen LogP) is 0.543. The quantitative estimate of drug-likeness (QED) is 0.613. The molecule has 0 aromatic carbocycles. The average Bonchev–Trinajstić information content (AvgIpc) is 2.12. The standard InChI is InChI=1S/C10H13N3/c1-8-6-9(4-3-5-12-2)7-13-10(8)11/h6-7,12H,5H2,1-2H3,(H2,11,13). The summed E-state index contributed by atoms with van der Waals surface area (Å²) in [4.78, 5) is 4.01. The summed E-state index contributed by atoms with van der Waals surface area (Å²) in [6.07, 6.45) is 1.69. The highest BCUT2D eigenvalue weighted by atomic mass is 14.8. The molecule has 3 heteroatoms. The van der Waals surface area contributed by atoms with Gasteiger partial charge in [0.05, 0.1) is 6.54 Å². The monoisotopic (exact) mass is 175 g/mol. The van der Waals surface area contributed by atoms with E-state index in [4.69, 9.17) is 5.73 Å². The minimum Gasteiger partial charge on any atom is -0.383 e. The van der Waals surface area contributed by atoms with Crippen LogP contribution in [0.2, 0.25) is 0 Å². The number of anilines is 1. The largest absolute Gasteiger partial charge is 0.383 e. The molecule has 0 amide bonds. The first-order valence-electron chi connectivity index (χ1n) is 4.09. The molecule has 0 saturated carbocycles. The Bertz CT molecular complexity index is 347. The normalized spacial score (nSPS) is 9.08. The molecule has 0 bridgehead atoms. The third-order valence-electron chi connectivity index (χ3n) is 1.62. The zero-order valence-corrected chi connectivity index (χ0v) is 7.89. The van der Waals surface area contributed by atoms with Crippen molar-refractivity contribution in [2.75, 3.05) is 19.3 Å². The van der Waals surface area contributed by atoms with Crippen molar-refractivity contribution in [3.63, 3.8) is 0 Å². The second-order valence-electron chi connectivity index (χ2n) is 2.76. The fourth-order valence-corrected chi connectivity index (χ4v) is 0.888. The Labute approximate surface area is 78.4 Å². The minimum absolute atomic E-state index is 0.569. The van der Waals surface area contributed by atoms with E-state index in [1.807, 2.05) is 20.0 Å². The molecule has 1 aromatic rings. The van der Waals surface area contributed by atoms with Crippen molar-refractivity contribution >= 4 is 5.82 Å². The van der Waals surface area contributed by atoms with E-state index < -0.39 is 0 Å². The predicted molar refractivity (Wildman–Crippen MR) is 54.2 cm³/mol. The molecule has 0 fully saturated rings. The average molecular weight is 175 g/mol. The van der Waals surface area contributed by atoms with Crippen molar-refractivity contribution in [3.05, 3.63) is 23.4 Å². The van der Waals surface area contributed by atoms with Crippen molar-refractivity contribution < 1.29 is 0 Å². The number of rotatable bonds is 1. The summed E-state index contributed by atoms with van der Waals surface area (Å²) in [5, 5.41) is 2.95. The first-order valence-corrected chi connectivity index (χ1v) is 4.09. The Morgan fingerprint density at radius 2 is 2.38 bits per heavy atom. The molecule has 13 heavy (non-hydrogen) atoms. The number of aromatic nitrogens is 1. The highest BCUT2D eigenvalue weighted by Crippen LogP contribution is 2.07. The minimum atomic E-state index is 0.569. The van der Waals surface area contributed by atoms with E-state index in [1.54, 1.807) is 6.20 Å². The molecule has 0 saturated heterocycles. The van der Waals surface area contributed by atoms with Crippen molar-refractivity contribution in [1.29, 1.82) is 0 Å². The van der Waals surface area contributed by atoms with Gasteiger partial charge < -0.3 is 11.1 Å². The zero-order valence-electron chi connectivity index (χ0n) is 7.89. The van der Waals surface area contributed by atoms with Gasteiger partial charge in [-0.3, -0.25) is 0 Å². The molecule has 68 valence electrons. The SMILES string of the molecule is CNCC#Cc1cnc(N)c(C)c1. The number of nitrogens with zero attached hydrogens (tertiary/aromatic N) is 1. The molecule has 0 unspecified atom stereocenters. The molecule has 1 aromatic heterocycles. The lowest BCUT2D eigenvalue weighted by Crippen LogP contribution is -2.04. The smallest absolute Gasteiger partial charge is 0.126 e. The van der Waals surface area contributed by atoms with E-state index in [0.717, 1.165) is 11.1 Å². The van der Waals surface area contributed by atoms with Crippen LogP contribution in [-0.2, 0) is 0 Å². The van der Waals surface area contributed by atoms with Crippen LogP contribution in [0.5, 0.6) is 0 Å². The van der Waals surface area contributed by atoms with Gasteiger partial charge in [0.15, 0.2) is 0 Å². The van der Waals surface area contributed by atoms with Crippen LogP contribution >= 0.6 is 0 Å². The Balaban J connectivity index is 2.81. The van der Waals surface area contributed by atoms with E-state index in [0.29, 0.717) is 12.4 Å². The second kappa shape index (κ2) is 4.48. The lowest BCUT2D eigenvalue weighted by atomic mass is 10.2. The summed E-state index contributed by atoms with van der Waals surface area (Å²) >= 11 is 0. The maximum absolute atomic E-state index is 5.57. The van der Waals surface area contributed by atoms with Gasteiger partial charge in [-0.15, -0.1) is 0 Å². The van der Waals surface area contributed by atoms with Crippen molar-refractivity contribution in [2.45, 2.75) is 6.92 Å². The van der Waals surface area contributed by atoms with Gasteiger partial charge in [-0.2, -0.15) is 0 Å². The third-order valence-corrected chi connectivity index (χ3v) is 1.62. The number of hydrogen-bond donors (Lipinski definition) is 2. The van der Waals surface area contributed by atoms with Crippen LogP contribution < -0.4 is 11.1 Å². The van der Waals surface area contributed by atoms with E-state index in [-0.39, 0.29) is 0 Å². The van der Waals surface area contributed by atoms with Gasteiger partial charge in [0.2, 0.25) is 0 Å². The van der Waals surface area contributed by atoms with Crippen LogP contribution in [0.25, 0.3) is 0 Å². The first-order chi connectivity index (χ1) is 6.24. The van der Waals surface area contributed by atoms with Gasteiger partial charge >= 0.3 is 0 Å². The fraction of sp³-hybridized carbons (Fsp3) is 0.300. The Kier molecular flexibility index (Phi) is 3.30. The fourth-order valence-electron chi connectivity index (χ4n) is 0.888. The van der Waals surface area contributed by atoms with Crippen molar-refractivity contribution in [2.24, 2.45) is 0 Å². The van der Waals surface area contributed by atoms with E-state index in [1.165, 1.54) is 0 Å². The van der Waals surface area contributed by atoms with Crippen LogP contribution in [0, 0.1) is 18.8 Å². The number of nitrogen functional groups attached to an aromatic ring is 1. The molecule has 0 aliphatic heterocycles. The van der Waals surface area contributed by atoms with Crippen LogP contribution in [0.4, 0.5) is 5.82 Å². The number of hydrogen-bond acceptors (Lipinski definition) is 3. The lowest BCUT2D eigenvalue weighted by Gasteiger charge is -1.97. The van der Waals surface area contributed by atoms with Crippen LogP contribution in [0.15, 0.2) is 12.3 Å². The van der Waals surface area contributed by atoms with Gasteiger partial charge in [0.25, 0.3) is 0 Å². The molecule has 3 nitrogen and oxygen atoms in total. The maximum Gasteiger partial charge on any atom is 0.126 e. The second-order valence-corrected chi connectivity index (χ2v) is 2.76. The maximum atomic E-state index is 5.57. The summed E-state index contributed by atoms with van der Waals surface area (Å²) < 4.78 is 0. The van der Waals surface area contributed by atoms with Gasteiger partial charge in [-0.1, -0.05) is 11.8 Å². The van der Waals surface area contributed by atoms with E-state index in [9.17, 15) is 0 Å².